The standard InChI is InChI=1S/C24H28F2N4O2.C2HF3O2/c1-13-6-22(7-14(2)19(13)31)10-17-4-3-15(11-27)5-18(17)24(22)20(32)30(21(28)29-24)12-16-8-23(25,26)9-16;3-2(4,5)1(6)7/h3-5,13-14,16,19,31H,6-10,12H2,1-2H3,(H2,28,29);(H,6,7)/t13-,14+,19?,22?,24-;/m1./s1. The van der Waals surface area contributed by atoms with E-state index in [0.717, 1.165) is 5.56 Å². The van der Waals surface area contributed by atoms with E-state index < -0.39 is 35.1 Å². The minimum Gasteiger partial charge on any atom is -0.475 e. The molecular weight excluding hydrogens is 527 g/mol. The molecule has 13 heteroatoms. The number of carbonyl (C=O) groups excluding carboxylic acids is 1. The zero-order valence-electron chi connectivity index (χ0n) is 21.3. The third-order valence-electron chi connectivity index (χ3n) is 8.49. The van der Waals surface area contributed by atoms with Gasteiger partial charge in [-0.3, -0.25) is 9.69 Å². The Morgan fingerprint density at radius 3 is 2.26 bits per heavy atom. The Hall–Kier alpha value is -3.27. The lowest BCUT2D eigenvalue weighted by atomic mass is 9.56. The van der Waals surface area contributed by atoms with Crippen molar-refractivity contribution in [1.29, 1.82) is 5.26 Å². The van der Waals surface area contributed by atoms with Crippen LogP contribution in [0.5, 0.6) is 0 Å². The highest BCUT2D eigenvalue weighted by atomic mass is 19.4. The van der Waals surface area contributed by atoms with Crippen LogP contribution in [0, 0.1) is 34.5 Å². The Morgan fingerprint density at radius 1 is 1.21 bits per heavy atom. The lowest BCUT2D eigenvalue weighted by Gasteiger charge is -2.49. The first kappa shape index (κ1) is 28.7. The number of rotatable bonds is 2. The van der Waals surface area contributed by atoms with Crippen molar-refractivity contribution in [3.05, 3.63) is 34.9 Å². The van der Waals surface area contributed by atoms with E-state index in [9.17, 15) is 37.1 Å². The first-order valence-electron chi connectivity index (χ1n) is 12.5. The molecule has 2 unspecified atom stereocenters. The molecule has 2 spiro atoms. The number of nitriles is 1. The third-order valence-corrected chi connectivity index (χ3v) is 8.49. The summed E-state index contributed by atoms with van der Waals surface area (Å²) in [6.45, 7) is 4.10. The minimum atomic E-state index is -5.08. The molecule has 1 aliphatic heterocycles. The lowest BCUT2D eigenvalue weighted by molar-refractivity contribution is -0.192. The van der Waals surface area contributed by atoms with Gasteiger partial charge in [-0.1, -0.05) is 19.9 Å². The number of amides is 1. The Labute approximate surface area is 221 Å². The van der Waals surface area contributed by atoms with Gasteiger partial charge in [-0.25, -0.2) is 18.6 Å². The zero-order valence-corrected chi connectivity index (χ0v) is 21.3. The fourth-order valence-electron chi connectivity index (χ4n) is 6.92. The molecule has 0 saturated heterocycles. The van der Waals surface area contributed by atoms with Crippen LogP contribution in [0.3, 0.4) is 0 Å². The van der Waals surface area contributed by atoms with Gasteiger partial charge < -0.3 is 15.9 Å². The summed E-state index contributed by atoms with van der Waals surface area (Å²) in [4.78, 5) is 29.2. The number of carboxylic acids is 1. The SMILES string of the molecule is C[C@@H]1CC2(Cc3ccc(C#N)cc3[C@]23N=C(N)N(CC2CC(F)(F)C2)C3=O)C[C@H](C)C1O.O=C(O)C(F)(F)F. The molecule has 212 valence electrons. The van der Waals surface area contributed by atoms with Gasteiger partial charge in [0.05, 0.1) is 17.7 Å². The summed E-state index contributed by atoms with van der Waals surface area (Å²) in [7, 11) is 0. The number of aliphatic imine (C=N–C) groups is 1. The smallest absolute Gasteiger partial charge is 0.475 e. The van der Waals surface area contributed by atoms with E-state index in [-0.39, 0.29) is 49.0 Å². The molecule has 1 aromatic rings. The minimum absolute atomic E-state index is 0.0380. The Bertz CT molecular complexity index is 1240. The van der Waals surface area contributed by atoms with Gasteiger partial charge in [-0.15, -0.1) is 0 Å². The molecule has 5 rings (SSSR count). The third kappa shape index (κ3) is 4.73. The van der Waals surface area contributed by atoms with Gasteiger partial charge in [0.1, 0.15) is 0 Å². The van der Waals surface area contributed by atoms with Crippen molar-refractivity contribution >= 4 is 17.8 Å². The summed E-state index contributed by atoms with van der Waals surface area (Å²) in [5.74, 6) is -6.04. The van der Waals surface area contributed by atoms with Gasteiger partial charge >= 0.3 is 12.1 Å². The summed E-state index contributed by atoms with van der Waals surface area (Å²) in [6.07, 6.45) is -4.27. The maximum atomic E-state index is 14.1. The van der Waals surface area contributed by atoms with E-state index in [0.29, 0.717) is 30.4 Å². The maximum absolute atomic E-state index is 14.1. The Balaban J connectivity index is 0.000000448. The summed E-state index contributed by atoms with van der Waals surface area (Å²) < 4.78 is 58.6. The highest BCUT2D eigenvalue weighted by Crippen LogP contribution is 2.63. The van der Waals surface area contributed by atoms with Crippen molar-refractivity contribution in [2.75, 3.05) is 6.54 Å². The van der Waals surface area contributed by atoms with Crippen LogP contribution in [0.25, 0.3) is 0 Å². The summed E-state index contributed by atoms with van der Waals surface area (Å²) >= 11 is 0. The van der Waals surface area contributed by atoms with E-state index in [1.54, 1.807) is 12.1 Å². The van der Waals surface area contributed by atoms with Crippen LogP contribution in [0.15, 0.2) is 23.2 Å². The van der Waals surface area contributed by atoms with Crippen LogP contribution < -0.4 is 5.73 Å². The fourth-order valence-corrected chi connectivity index (χ4v) is 6.92. The molecule has 39 heavy (non-hydrogen) atoms. The number of halogens is 5. The quantitative estimate of drug-likeness (QED) is 0.476. The molecule has 4 N–H and O–H groups in total. The molecule has 0 aromatic heterocycles. The van der Waals surface area contributed by atoms with E-state index >= 15 is 0 Å². The largest absolute Gasteiger partial charge is 0.490 e. The molecule has 4 aliphatic rings. The van der Waals surface area contributed by atoms with Crippen molar-refractivity contribution in [3.63, 3.8) is 0 Å². The zero-order chi connectivity index (χ0) is 29.1. The molecule has 2 saturated carbocycles. The molecule has 1 heterocycles. The summed E-state index contributed by atoms with van der Waals surface area (Å²) in [5, 5.41) is 27.2. The number of carbonyl (C=O) groups is 2. The molecule has 0 radical (unpaired) electrons. The van der Waals surface area contributed by atoms with E-state index in [1.807, 2.05) is 19.9 Å². The van der Waals surface area contributed by atoms with Crippen molar-refractivity contribution in [2.45, 2.75) is 69.7 Å². The number of guanidine groups is 1. The van der Waals surface area contributed by atoms with Crippen molar-refractivity contribution in [2.24, 2.45) is 33.9 Å². The number of fused-ring (bicyclic) bond motifs is 3. The van der Waals surface area contributed by atoms with Gasteiger partial charge in [-0.05, 0) is 60.3 Å². The van der Waals surface area contributed by atoms with Gasteiger partial charge in [0.25, 0.3) is 5.91 Å². The van der Waals surface area contributed by atoms with Crippen LogP contribution in [0.1, 0.15) is 56.2 Å². The van der Waals surface area contributed by atoms with Crippen LogP contribution in [0.4, 0.5) is 22.0 Å². The predicted octanol–water partition coefficient (Wildman–Crippen LogP) is 3.56. The van der Waals surface area contributed by atoms with Gasteiger partial charge in [0.15, 0.2) is 11.5 Å². The van der Waals surface area contributed by atoms with E-state index in [1.165, 1.54) is 4.90 Å². The van der Waals surface area contributed by atoms with Gasteiger partial charge in [0, 0.05) is 24.8 Å². The lowest BCUT2D eigenvalue weighted by Crippen LogP contribution is -2.56. The predicted molar refractivity (Wildman–Crippen MR) is 127 cm³/mol. The van der Waals surface area contributed by atoms with Crippen LogP contribution in [0.2, 0.25) is 0 Å². The average Bonchev–Trinajstić information content (AvgIpc) is 3.21. The number of aliphatic hydroxyl groups excluding tert-OH is 1. The monoisotopic (exact) mass is 556 g/mol. The number of alkyl halides is 5. The highest BCUT2D eigenvalue weighted by Gasteiger charge is 2.68. The fraction of sp³-hybridized carbons (Fsp3) is 0.615. The summed E-state index contributed by atoms with van der Waals surface area (Å²) in [6, 6.07) is 7.52. The van der Waals surface area contributed by atoms with Crippen molar-refractivity contribution in [1.82, 2.24) is 4.90 Å². The number of hydrogen-bond donors (Lipinski definition) is 3. The molecule has 1 aromatic carbocycles. The first-order chi connectivity index (χ1) is 18.0. The molecule has 0 bridgehead atoms. The topological polar surface area (TPSA) is 140 Å². The number of nitrogens with zero attached hydrogens (tertiary/aromatic N) is 3. The van der Waals surface area contributed by atoms with Crippen molar-refractivity contribution < 1.29 is 41.8 Å². The number of benzene rings is 1. The van der Waals surface area contributed by atoms with Crippen LogP contribution >= 0.6 is 0 Å². The second-order valence-electron chi connectivity index (χ2n) is 11.3. The maximum Gasteiger partial charge on any atom is 0.490 e. The normalized spacial score (nSPS) is 33.2. The molecule has 5 atom stereocenters. The van der Waals surface area contributed by atoms with Gasteiger partial charge in [-0.2, -0.15) is 18.4 Å². The van der Waals surface area contributed by atoms with Crippen molar-refractivity contribution in [3.8, 4) is 6.07 Å². The first-order valence-corrected chi connectivity index (χ1v) is 12.5. The van der Waals surface area contributed by atoms with Crippen LogP contribution in [-0.4, -0.2) is 57.7 Å². The number of nitrogens with two attached hydrogens (primary N) is 1. The molecule has 2 fully saturated rings. The van der Waals surface area contributed by atoms with E-state index in [2.05, 4.69) is 6.07 Å². The number of aliphatic carboxylic acids is 1. The average molecular weight is 557 g/mol. The Kier molecular flexibility index (Phi) is 6.95. The molecule has 3 aliphatic carbocycles. The van der Waals surface area contributed by atoms with Crippen LogP contribution in [-0.2, 0) is 21.5 Å². The number of carboxylic acid groups (broad SMARTS) is 1. The number of hydrogen-bond acceptors (Lipinski definition) is 6. The van der Waals surface area contributed by atoms with E-state index in [4.69, 9.17) is 20.6 Å². The Morgan fingerprint density at radius 2 is 1.77 bits per heavy atom. The molecule has 8 nitrogen and oxygen atoms in total. The summed E-state index contributed by atoms with van der Waals surface area (Å²) in [5.41, 5.74) is 6.52. The number of aliphatic hydroxyl groups is 1. The molecular formula is C26H29F5N4O4. The second kappa shape index (κ2) is 9.43. The highest BCUT2D eigenvalue weighted by molar-refractivity contribution is 6.08. The second-order valence-corrected chi connectivity index (χ2v) is 11.3. The van der Waals surface area contributed by atoms with Gasteiger partial charge in [0.2, 0.25) is 5.92 Å². The molecule has 1 amide bonds.